The molecule has 6 heteroatoms. The van der Waals surface area contributed by atoms with Crippen LogP contribution in [0, 0.1) is 0 Å². The van der Waals surface area contributed by atoms with Crippen LogP contribution in [-0.2, 0) is 7.05 Å². The Kier molecular flexibility index (Phi) is 3.33. The zero-order chi connectivity index (χ0) is 12.6. The molecule has 2 atom stereocenters. The number of carbonyl (C=O) groups is 1. The van der Waals surface area contributed by atoms with Crippen molar-refractivity contribution in [1.29, 1.82) is 0 Å². The lowest BCUT2D eigenvalue weighted by molar-refractivity contribution is 0.0688. The van der Waals surface area contributed by atoms with Crippen molar-refractivity contribution in [2.45, 2.75) is 25.1 Å². The molecule has 1 saturated heterocycles. The average molecular weight is 254 g/mol. The highest BCUT2D eigenvalue weighted by atomic mass is 32.2. The van der Waals surface area contributed by atoms with Gasteiger partial charge in [0.05, 0.1) is 11.9 Å². The maximum atomic E-state index is 12.4. The van der Waals surface area contributed by atoms with Crippen molar-refractivity contribution in [1.82, 2.24) is 14.7 Å². The minimum atomic E-state index is -0.0119. The maximum absolute atomic E-state index is 12.4. The first-order chi connectivity index (χ1) is 8.02. The van der Waals surface area contributed by atoms with E-state index in [0.29, 0.717) is 16.6 Å². The minimum absolute atomic E-state index is 0.0119. The standard InChI is InChI=1S/C11H18N4OS/c1-7-8(2)17-5-4-15(7)11(16)10-9(12)6-13-14(10)3/h6-8H,4-5,12H2,1-3H3. The Bertz CT molecular complexity index is 412. The third kappa shape index (κ3) is 2.13. The van der Waals surface area contributed by atoms with Crippen molar-refractivity contribution in [2.75, 3.05) is 18.0 Å². The van der Waals surface area contributed by atoms with E-state index in [2.05, 4.69) is 18.9 Å². The Morgan fingerprint density at radius 1 is 1.59 bits per heavy atom. The first-order valence-corrected chi connectivity index (χ1v) is 6.77. The van der Waals surface area contributed by atoms with E-state index in [1.54, 1.807) is 11.7 Å². The summed E-state index contributed by atoms with van der Waals surface area (Å²) in [6.45, 7) is 5.02. The van der Waals surface area contributed by atoms with Crippen molar-refractivity contribution in [2.24, 2.45) is 7.05 Å². The number of carbonyl (C=O) groups excluding carboxylic acids is 1. The Morgan fingerprint density at radius 2 is 2.29 bits per heavy atom. The molecule has 1 aliphatic heterocycles. The number of aryl methyl sites for hydroxylation is 1. The van der Waals surface area contributed by atoms with Gasteiger partial charge in [-0.2, -0.15) is 16.9 Å². The molecular weight excluding hydrogens is 236 g/mol. The van der Waals surface area contributed by atoms with E-state index in [-0.39, 0.29) is 11.9 Å². The van der Waals surface area contributed by atoms with Crippen LogP contribution in [0.3, 0.4) is 0 Å². The zero-order valence-electron chi connectivity index (χ0n) is 10.4. The Balaban J connectivity index is 2.25. The molecular formula is C11H18N4OS. The lowest BCUT2D eigenvalue weighted by atomic mass is 10.2. The fourth-order valence-electron chi connectivity index (χ4n) is 2.07. The molecule has 0 aromatic carbocycles. The summed E-state index contributed by atoms with van der Waals surface area (Å²) in [7, 11) is 1.75. The molecule has 2 unspecified atom stereocenters. The fourth-order valence-corrected chi connectivity index (χ4v) is 3.17. The number of hydrogen-bond acceptors (Lipinski definition) is 4. The minimum Gasteiger partial charge on any atom is -0.396 e. The molecule has 0 saturated carbocycles. The summed E-state index contributed by atoms with van der Waals surface area (Å²) in [4.78, 5) is 14.3. The number of amides is 1. The monoisotopic (exact) mass is 254 g/mol. The van der Waals surface area contributed by atoms with Gasteiger partial charge in [0.15, 0.2) is 0 Å². The van der Waals surface area contributed by atoms with Crippen LogP contribution in [0.25, 0.3) is 0 Å². The molecule has 1 amide bonds. The van der Waals surface area contributed by atoms with Gasteiger partial charge < -0.3 is 10.6 Å². The first-order valence-electron chi connectivity index (χ1n) is 5.72. The second-order valence-electron chi connectivity index (χ2n) is 4.39. The van der Waals surface area contributed by atoms with Gasteiger partial charge in [0.2, 0.25) is 0 Å². The van der Waals surface area contributed by atoms with E-state index in [1.165, 1.54) is 6.20 Å². The van der Waals surface area contributed by atoms with Crippen LogP contribution in [0.2, 0.25) is 0 Å². The molecule has 5 nitrogen and oxygen atoms in total. The van der Waals surface area contributed by atoms with Gasteiger partial charge in [0.1, 0.15) is 5.69 Å². The summed E-state index contributed by atoms with van der Waals surface area (Å²) >= 11 is 1.91. The molecule has 1 aliphatic rings. The smallest absolute Gasteiger partial charge is 0.274 e. The Hall–Kier alpha value is -1.17. The molecule has 0 bridgehead atoms. The van der Waals surface area contributed by atoms with Gasteiger partial charge in [0, 0.05) is 30.6 Å². The van der Waals surface area contributed by atoms with Crippen LogP contribution < -0.4 is 5.73 Å². The molecule has 94 valence electrons. The van der Waals surface area contributed by atoms with E-state index in [0.717, 1.165) is 12.3 Å². The SMILES string of the molecule is CC1SCCN(C(=O)c2c(N)cnn2C)C1C. The van der Waals surface area contributed by atoms with E-state index in [9.17, 15) is 4.79 Å². The summed E-state index contributed by atoms with van der Waals surface area (Å²) in [6, 6.07) is 0.232. The van der Waals surface area contributed by atoms with E-state index in [4.69, 9.17) is 5.73 Å². The molecule has 0 aliphatic carbocycles. The van der Waals surface area contributed by atoms with Crippen LogP contribution in [0.15, 0.2) is 6.20 Å². The molecule has 1 aromatic rings. The van der Waals surface area contributed by atoms with Crippen LogP contribution in [0.4, 0.5) is 5.69 Å². The van der Waals surface area contributed by atoms with Crippen LogP contribution in [0.1, 0.15) is 24.3 Å². The topological polar surface area (TPSA) is 64.2 Å². The van der Waals surface area contributed by atoms with Gasteiger partial charge in [0.25, 0.3) is 5.91 Å². The average Bonchev–Trinajstić information content (AvgIpc) is 2.62. The normalized spacial score (nSPS) is 25.0. The molecule has 0 spiro atoms. The van der Waals surface area contributed by atoms with Gasteiger partial charge in [-0.15, -0.1) is 0 Å². The molecule has 2 heterocycles. The highest BCUT2D eigenvalue weighted by molar-refractivity contribution is 8.00. The summed E-state index contributed by atoms with van der Waals surface area (Å²) in [5, 5.41) is 4.48. The number of nitrogen functional groups attached to an aromatic ring is 1. The van der Waals surface area contributed by atoms with Gasteiger partial charge in [-0.3, -0.25) is 9.48 Å². The summed E-state index contributed by atoms with van der Waals surface area (Å²) in [5.74, 6) is 0.969. The van der Waals surface area contributed by atoms with Crippen molar-refractivity contribution in [3.8, 4) is 0 Å². The van der Waals surface area contributed by atoms with Crippen LogP contribution in [0.5, 0.6) is 0 Å². The maximum Gasteiger partial charge on any atom is 0.274 e. The Labute approximate surface area is 105 Å². The van der Waals surface area contributed by atoms with Gasteiger partial charge >= 0.3 is 0 Å². The summed E-state index contributed by atoms with van der Waals surface area (Å²) < 4.78 is 1.55. The van der Waals surface area contributed by atoms with Crippen LogP contribution in [-0.4, -0.2) is 44.2 Å². The number of nitrogens with two attached hydrogens (primary N) is 1. The van der Waals surface area contributed by atoms with Crippen molar-refractivity contribution in [3.05, 3.63) is 11.9 Å². The lowest BCUT2D eigenvalue weighted by Gasteiger charge is -2.37. The molecule has 2 rings (SSSR count). The number of anilines is 1. The lowest BCUT2D eigenvalue weighted by Crippen LogP contribution is -2.48. The zero-order valence-corrected chi connectivity index (χ0v) is 11.2. The number of nitrogens with zero attached hydrogens (tertiary/aromatic N) is 3. The van der Waals surface area contributed by atoms with Crippen molar-refractivity contribution in [3.63, 3.8) is 0 Å². The van der Waals surface area contributed by atoms with Gasteiger partial charge in [-0.1, -0.05) is 6.92 Å². The largest absolute Gasteiger partial charge is 0.396 e. The summed E-state index contributed by atoms with van der Waals surface area (Å²) in [5.41, 5.74) is 6.74. The molecule has 0 radical (unpaired) electrons. The second kappa shape index (κ2) is 4.60. The molecule has 1 fully saturated rings. The first kappa shape index (κ1) is 12.3. The van der Waals surface area contributed by atoms with Crippen molar-refractivity contribution >= 4 is 23.4 Å². The van der Waals surface area contributed by atoms with Gasteiger partial charge in [-0.05, 0) is 6.92 Å². The highest BCUT2D eigenvalue weighted by Crippen LogP contribution is 2.26. The number of thioether (sulfide) groups is 1. The quantitative estimate of drug-likeness (QED) is 0.811. The Morgan fingerprint density at radius 3 is 2.88 bits per heavy atom. The fraction of sp³-hybridized carbons (Fsp3) is 0.636. The van der Waals surface area contributed by atoms with Gasteiger partial charge in [-0.25, -0.2) is 0 Å². The summed E-state index contributed by atoms with van der Waals surface area (Å²) in [6.07, 6.45) is 1.53. The van der Waals surface area contributed by atoms with Crippen molar-refractivity contribution < 1.29 is 4.79 Å². The van der Waals surface area contributed by atoms with E-state index in [1.807, 2.05) is 16.7 Å². The molecule has 2 N–H and O–H groups in total. The predicted octanol–water partition coefficient (Wildman–Crippen LogP) is 0.968. The number of rotatable bonds is 1. The molecule has 17 heavy (non-hydrogen) atoms. The third-order valence-corrected chi connectivity index (χ3v) is 4.65. The number of aromatic nitrogens is 2. The highest BCUT2D eigenvalue weighted by Gasteiger charge is 2.31. The second-order valence-corrected chi connectivity index (χ2v) is 5.87. The van der Waals surface area contributed by atoms with E-state index < -0.39 is 0 Å². The van der Waals surface area contributed by atoms with Crippen LogP contribution >= 0.6 is 11.8 Å². The third-order valence-electron chi connectivity index (χ3n) is 3.31. The molecule has 1 aromatic heterocycles. The van der Waals surface area contributed by atoms with E-state index >= 15 is 0 Å². The predicted molar refractivity (Wildman–Crippen MR) is 70.0 cm³/mol. The number of hydrogen-bond donors (Lipinski definition) is 1.